The maximum atomic E-state index is 11.1. The lowest BCUT2D eigenvalue weighted by Crippen LogP contribution is -2.00. The first kappa shape index (κ1) is 11.8. The molecule has 0 aliphatic rings. The summed E-state index contributed by atoms with van der Waals surface area (Å²) < 4.78 is 4.60. The molecule has 0 amide bonds. The fourth-order valence-electron chi connectivity index (χ4n) is 1.13. The van der Waals surface area contributed by atoms with Gasteiger partial charge in [-0.05, 0) is 24.1 Å². The van der Waals surface area contributed by atoms with E-state index in [1.54, 1.807) is 12.1 Å². The molecule has 2 nitrogen and oxygen atoms in total. The van der Waals surface area contributed by atoms with Crippen molar-refractivity contribution in [3.8, 4) is 0 Å². The van der Waals surface area contributed by atoms with Crippen LogP contribution in [0.2, 0.25) is 0 Å². The molecule has 0 heterocycles. The Labute approximate surface area is 94.5 Å². The maximum absolute atomic E-state index is 11.1. The van der Waals surface area contributed by atoms with E-state index in [0.29, 0.717) is 11.4 Å². The molecule has 15 heavy (non-hydrogen) atoms. The first-order valence-corrected chi connectivity index (χ1v) is 5.22. The summed E-state index contributed by atoms with van der Waals surface area (Å²) in [6, 6.07) is 7.23. The zero-order valence-electron chi connectivity index (χ0n) is 8.57. The van der Waals surface area contributed by atoms with Crippen LogP contribution in [0, 0.1) is 0 Å². The van der Waals surface area contributed by atoms with Crippen LogP contribution in [-0.2, 0) is 4.74 Å². The minimum Gasteiger partial charge on any atom is -0.465 e. The van der Waals surface area contributed by atoms with Crippen molar-refractivity contribution in [2.45, 2.75) is 6.42 Å². The summed E-state index contributed by atoms with van der Waals surface area (Å²) in [4.78, 5) is 11.1. The number of alkyl halides is 1. The number of rotatable bonds is 4. The average molecular weight is 225 g/mol. The first-order valence-electron chi connectivity index (χ1n) is 4.69. The third-order valence-electron chi connectivity index (χ3n) is 1.92. The SMILES string of the molecule is COC(=O)c1ccc(C=CCCCl)cc1. The molecular weight excluding hydrogens is 212 g/mol. The van der Waals surface area contributed by atoms with Crippen molar-refractivity contribution < 1.29 is 9.53 Å². The quantitative estimate of drug-likeness (QED) is 0.580. The normalized spacial score (nSPS) is 10.5. The number of carbonyl (C=O) groups excluding carboxylic acids is 1. The molecule has 0 bridgehead atoms. The largest absolute Gasteiger partial charge is 0.465 e. The fourth-order valence-corrected chi connectivity index (χ4v) is 1.26. The minimum atomic E-state index is -0.314. The summed E-state index contributed by atoms with van der Waals surface area (Å²) >= 11 is 5.54. The van der Waals surface area contributed by atoms with Crippen LogP contribution in [0.15, 0.2) is 30.3 Å². The molecule has 1 aromatic carbocycles. The predicted octanol–water partition coefficient (Wildman–Crippen LogP) is 3.12. The molecule has 0 N–H and O–H groups in total. The predicted molar refractivity (Wildman–Crippen MR) is 62.2 cm³/mol. The second kappa shape index (κ2) is 6.25. The van der Waals surface area contributed by atoms with Gasteiger partial charge < -0.3 is 4.74 Å². The van der Waals surface area contributed by atoms with E-state index < -0.39 is 0 Å². The second-order valence-electron chi connectivity index (χ2n) is 2.99. The number of hydrogen-bond donors (Lipinski definition) is 0. The van der Waals surface area contributed by atoms with Gasteiger partial charge in [0.15, 0.2) is 0 Å². The highest BCUT2D eigenvalue weighted by atomic mass is 35.5. The molecule has 1 rings (SSSR count). The number of ether oxygens (including phenoxy) is 1. The number of carbonyl (C=O) groups is 1. The number of methoxy groups -OCH3 is 1. The molecule has 0 fully saturated rings. The fraction of sp³-hybridized carbons (Fsp3) is 0.250. The molecule has 0 unspecified atom stereocenters. The van der Waals surface area contributed by atoms with Crippen LogP contribution in [0.1, 0.15) is 22.3 Å². The highest BCUT2D eigenvalue weighted by molar-refractivity contribution is 6.17. The van der Waals surface area contributed by atoms with E-state index in [1.807, 2.05) is 24.3 Å². The monoisotopic (exact) mass is 224 g/mol. The van der Waals surface area contributed by atoms with E-state index in [0.717, 1.165) is 12.0 Å². The Morgan fingerprint density at radius 1 is 1.40 bits per heavy atom. The zero-order chi connectivity index (χ0) is 11.1. The van der Waals surface area contributed by atoms with Crippen LogP contribution in [-0.4, -0.2) is 19.0 Å². The molecule has 0 spiro atoms. The number of allylic oxidation sites excluding steroid dienone is 1. The lowest BCUT2D eigenvalue weighted by atomic mass is 10.1. The van der Waals surface area contributed by atoms with E-state index in [1.165, 1.54) is 7.11 Å². The number of benzene rings is 1. The molecule has 3 heteroatoms. The van der Waals surface area contributed by atoms with Gasteiger partial charge >= 0.3 is 5.97 Å². The molecule has 0 aliphatic heterocycles. The Balaban J connectivity index is 2.68. The zero-order valence-corrected chi connectivity index (χ0v) is 9.33. The summed E-state index contributed by atoms with van der Waals surface area (Å²) in [5.74, 6) is 0.308. The Morgan fingerprint density at radius 2 is 2.07 bits per heavy atom. The lowest BCUT2D eigenvalue weighted by molar-refractivity contribution is 0.0601. The van der Waals surface area contributed by atoms with Gasteiger partial charge in [0, 0.05) is 5.88 Å². The van der Waals surface area contributed by atoms with E-state index >= 15 is 0 Å². The van der Waals surface area contributed by atoms with Gasteiger partial charge in [0.25, 0.3) is 0 Å². The third-order valence-corrected chi connectivity index (χ3v) is 2.14. The van der Waals surface area contributed by atoms with E-state index in [9.17, 15) is 4.79 Å². The van der Waals surface area contributed by atoms with Crippen molar-refractivity contribution >= 4 is 23.6 Å². The molecule has 80 valence electrons. The van der Waals surface area contributed by atoms with Gasteiger partial charge in [-0.15, -0.1) is 11.6 Å². The summed E-state index contributed by atoms with van der Waals surface area (Å²) in [5.41, 5.74) is 1.61. The summed E-state index contributed by atoms with van der Waals surface area (Å²) in [6.07, 6.45) is 4.82. The van der Waals surface area contributed by atoms with Crippen molar-refractivity contribution in [1.29, 1.82) is 0 Å². The minimum absolute atomic E-state index is 0.314. The summed E-state index contributed by atoms with van der Waals surface area (Å²) in [5, 5.41) is 0. The Kier molecular flexibility index (Phi) is 4.91. The second-order valence-corrected chi connectivity index (χ2v) is 3.37. The van der Waals surface area contributed by atoms with E-state index in [-0.39, 0.29) is 5.97 Å². The van der Waals surface area contributed by atoms with Gasteiger partial charge in [-0.2, -0.15) is 0 Å². The molecule has 0 aliphatic carbocycles. The van der Waals surface area contributed by atoms with Gasteiger partial charge in [0.05, 0.1) is 12.7 Å². The van der Waals surface area contributed by atoms with Crippen LogP contribution in [0.4, 0.5) is 0 Å². The van der Waals surface area contributed by atoms with Gasteiger partial charge in [0.1, 0.15) is 0 Å². The smallest absolute Gasteiger partial charge is 0.337 e. The highest BCUT2D eigenvalue weighted by Crippen LogP contribution is 2.07. The Hall–Kier alpha value is -1.28. The van der Waals surface area contributed by atoms with E-state index in [2.05, 4.69) is 4.74 Å². The molecule has 0 saturated carbocycles. The van der Waals surface area contributed by atoms with E-state index in [4.69, 9.17) is 11.6 Å². The van der Waals surface area contributed by atoms with Gasteiger partial charge in [-0.25, -0.2) is 4.79 Å². The third kappa shape index (κ3) is 3.76. The maximum Gasteiger partial charge on any atom is 0.337 e. The van der Waals surface area contributed by atoms with Crippen molar-refractivity contribution in [3.63, 3.8) is 0 Å². The van der Waals surface area contributed by atoms with Gasteiger partial charge in [-0.1, -0.05) is 24.3 Å². The van der Waals surface area contributed by atoms with Crippen LogP contribution in [0.3, 0.4) is 0 Å². The molecule has 0 radical (unpaired) electrons. The summed E-state index contributed by atoms with van der Waals surface area (Å²) in [6.45, 7) is 0. The van der Waals surface area contributed by atoms with Crippen molar-refractivity contribution in [2.75, 3.05) is 13.0 Å². The standard InChI is InChI=1S/C12H13ClO2/c1-15-12(14)11-7-5-10(6-8-11)4-2-3-9-13/h2,4-8H,3,9H2,1H3. The van der Waals surface area contributed by atoms with Crippen LogP contribution in [0.5, 0.6) is 0 Å². The van der Waals surface area contributed by atoms with Crippen LogP contribution < -0.4 is 0 Å². The topological polar surface area (TPSA) is 26.3 Å². The highest BCUT2D eigenvalue weighted by Gasteiger charge is 2.02. The van der Waals surface area contributed by atoms with Crippen molar-refractivity contribution in [3.05, 3.63) is 41.5 Å². The molecule has 0 aromatic heterocycles. The molecule has 0 saturated heterocycles. The van der Waals surface area contributed by atoms with Crippen LogP contribution in [0.25, 0.3) is 6.08 Å². The van der Waals surface area contributed by atoms with Crippen LogP contribution >= 0.6 is 11.6 Å². The molecule has 1 aromatic rings. The number of esters is 1. The molecular formula is C12H13ClO2. The number of hydrogen-bond acceptors (Lipinski definition) is 2. The molecule has 0 atom stereocenters. The average Bonchev–Trinajstić information content (AvgIpc) is 2.29. The Morgan fingerprint density at radius 3 is 2.60 bits per heavy atom. The van der Waals surface area contributed by atoms with Crippen molar-refractivity contribution in [1.82, 2.24) is 0 Å². The lowest BCUT2D eigenvalue weighted by Gasteiger charge is -1.99. The van der Waals surface area contributed by atoms with Gasteiger partial charge in [-0.3, -0.25) is 0 Å². The number of halogens is 1. The Bertz CT molecular complexity index is 341. The summed E-state index contributed by atoms with van der Waals surface area (Å²) in [7, 11) is 1.37. The van der Waals surface area contributed by atoms with Gasteiger partial charge in [0.2, 0.25) is 0 Å². The first-order chi connectivity index (χ1) is 7.27. The van der Waals surface area contributed by atoms with Crippen molar-refractivity contribution in [2.24, 2.45) is 0 Å².